The van der Waals surface area contributed by atoms with Crippen molar-refractivity contribution >= 4 is 5.91 Å². The number of carbonyl (C=O) groups excluding carboxylic acids is 1. The van der Waals surface area contributed by atoms with Gasteiger partial charge in [-0.25, -0.2) is 0 Å². The minimum absolute atomic E-state index is 0.126. The number of morpholine rings is 1. The van der Waals surface area contributed by atoms with Crippen LogP contribution in [0.2, 0.25) is 0 Å². The van der Waals surface area contributed by atoms with E-state index in [0.29, 0.717) is 6.10 Å². The van der Waals surface area contributed by atoms with Crippen molar-refractivity contribution in [3.8, 4) is 0 Å². The summed E-state index contributed by atoms with van der Waals surface area (Å²) in [7, 11) is 0. The number of piperazine rings is 1. The second kappa shape index (κ2) is 7.49. The lowest BCUT2D eigenvalue weighted by molar-refractivity contribution is -0.142. The lowest BCUT2D eigenvalue weighted by atomic mass is 9.78. The molecule has 3 fully saturated rings. The lowest BCUT2D eigenvalue weighted by Crippen LogP contribution is -2.64. The van der Waals surface area contributed by atoms with Crippen LogP contribution in [0.4, 0.5) is 0 Å². The van der Waals surface area contributed by atoms with Gasteiger partial charge in [0, 0.05) is 52.7 Å². The molecule has 0 aromatic heterocycles. The van der Waals surface area contributed by atoms with Gasteiger partial charge >= 0.3 is 0 Å². The summed E-state index contributed by atoms with van der Waals surface area (Å²) >= 11 is 0. The molecular weight excluding hydrogens is 290 g/mol. The molecule has 0 radical (unpaired) electrons. The fourth-order valence-electron chi connectivity index (χ4n) is 4.76. The van der Waals surface area contributed by atoms with Crippen molar-refractivity contribution in [2.45, 2.75) is 57.6 Å². The first-order chi connectivity index (χ1) is 11.1. The van der Waals surface area contributed by atoms with Gasteiger partial charge in [0.05, 0.1) is 18.2 Å². The molecule has 2 saturated heterocycles. The van der Waals surface area contributed by atoms with Crippen LogP contribution in [0.3, 0.4) is 0 Å². The molecule has 0 bridgehead atoms. The average molecular weight is 323 g/mol. The summed E-state index contributed by atoms with van der Waals surface area (Å²) < 4.78 is 5.63. The summed E-state index contributed by atoms with van der Waals surface area (Å²) in [4.78, 5) is 19.4. The molecule has 1 aliphatic carbocycles. The minimum atomic E-state index is 0.126. The summed E-state index contributed by atoms with van der Waals surface area (Å²) in [5, 5.41) is 0. The van der Waals surface area contributed by atoms with Crippen LogP contribution in [-0.4, -0.2) is 84.7 Å². The van der Waals surface area contributed by atoms with Gasteiger partial charge in [-0.05, 0) is 19.8 Å². The molecule has 0 N–H and O–H groups in total. The van der Waals surface area contributed by atoms with Crippen LogP contribution < -0.4 is 0 Å². The standard InChI is InChI=1S/C18H33N3O2/c1-16-14-19(12-13-23-16)8-9-20-10-11-21(17(2)22)18(15-20)6-4-3-5-7-18/h16H,3-15H2,1-2H3/t16-/m0/s1. The van der Waals surface area contributed by atoms with Gasteiger partial charge in [-0.2, -0.15) is 0 Å². The van der Waals surface area contributed by atoms with E-state index in [-0.39, 0.29) is 11.4 Å². The fourth-order valence-corrected chi connectivity index (χ4v) is 4.76. The summed E-state index contributed by atoms with van der Waals surface area (Å²) in [6.07, 6.45) is 6.63. The Hall–Kier alpha value is -0.650. The quantitative estimate of drug-likeness (QED) is 0.790. The molecule has 5 nitrogen and oxygen atoms in total. The Morgan fingerprint density at radius 3 is 2.52 bits per heavy atom. The first-order valence-electron chi connectivity index (χ1n) is 9.44. The van der Waals surface area contributed by atoms with E-state index in [9.17, 15) is 4.79 Å². The molecule has 132 valence electrons. The van der Waals surface area contributed by atoms with E-state index in [1.54, 1.807) is 6.92 Å². The molecule has 5 heteroatoms. The SMILES string of the molecule is CC(=O)N1CCN(CCN2CCO[C@@H](C)C2)CC12CCCCC2. The number of amides is 1. The van der Waals surface area contributed by atoms with Crippen molar-refractivity contribution in [1.82, 2.24) is 14.7 Å². The first-order valence-corrected chi connectivity index (χ1v) is 9.44. The van der Waals surface area contributed by atoms with E-state index >= 15 is 0 Å². The van der Waals surface area contributed by atoms with Crippen LogP contribution in [0.5, 0.6) is 0 Å². The molecule has 3 aliphatic rings. The van der Waals surface area contributed by atoms with Gasteiger partial charge < -0.3 is 9.64 Å². The molecule has 3 rings (SSSR count). The molecule has 1 saturated carbocycles. The monoisotopic (exact) mass is 323 g/mol. The van der Waals surface area contributed by atoms with Crippen molar-refractivity contribution in [3.05, 3.63) is 0 Å². The van der Waals surface area contributed by atoms with E-state index in [0.717, 1.165) is 52.4 Å². The van der Waals surface area contributed by atoms with Gasteiger partial charge in [0.15, 0.2) is 0 Å². The van der Waals surface area contributed by atoms with E-state index in [4.69, 9.17) is 4.74 Å². The number of rotatable bonds is 3. The number of hydrogen-bond acceptors (Lipinski definition) is 4. The van der Waals surface area contributed by atoms with Gasteiger partial charge in [-0.15, -0.1) is 0 Å². The Balaban J connectivity index is 1.56. The lowest BCUT2D eigenvalue weighted by Gasteiger charge is -2.53. The van der Waals surface area contributed by atoms with Crippen LogP contribution in [-0.2, 0) is 9.53 Å². The Kier molecular flexibility index (Phi) is 5.60. The molecular formula is C18H33N3O2. The molecule has 0 unspecified atom stereocenters. The molecule has 23 heavy (non-hydrogen) atoms. The summed E-state index contributed by atoms with van der Waals surface area (Å²) in [6.45, 7) is 12.2. The molecule has 1 spiro atoms. The highest BCUT2D eigenvalue weighted by molar-refractivity contribution is 5.74. The summed E-state index contributed by atoms with van der Waals surface area (Å²) in [5.74, 6) is 0.272. The van der Waals surface area contributed by atoms with E-state index in [1.807, 2.05) is 0 Å². The van der Waals surface area contributed by atoms with Crippen LogP contribution in [0.1, 0.15) is 46.0 Å². The van der Waals surface area contributed by atoms with Gasteiger partial charge in [0.2, 0.25) is 5.91 Å². The minimum Gasteiger partial charge on any atom is -0.376 e. The topological polar surface area (TPSA) is 36.0 Å². The third kappa shape index (κ3) is 4.06. The maximum atomic E-state index is 12.1. The number of carbonyl (C=O) groups is 1. The zero-order valence-electron chi connectivity index (χ0n) is 14.9. The predicted octanol–water partition coefficient (Wildman–Crippen LogP) is 1.57. The molecule has 1 atom stereocenters. The van der Waals surface area contributed by atoms with Crippen molar-refractivity contribution in [1.29, 1.82) is 0 Å². The highest BCUT2D eigenvalue weighted by Crippen LogP contribution is 2.36. The fraction of sp³-hybridized carbons (Fsp3) is 0.944. The first kappa shape index (κ1) is 17.2. The second-order valence-corrected chi connectivity index (χ2v) is 7.71. The molecule has 1 amide bonds. The van der Waals surface area contributed by atoms with Crippen LogP contribution in [0.15, 0.2) is 0 Å². The Morgan fingerprint density at radius 1 is 1.09 bits per heavy atom. The molecule has 2 heterocycles. The zero-order valence-corrected chi connectivity index (χ0v) is 14.9. The zero-order chi connectivity index (χ0) is 16.3. The third-order valence-corrected chi connectivity index (χ3v) is 5.95. The van der Waals surface area contributed by atoms with E-state index < -0.39 is 0 Å². The smallest absolute Gasteiger partial charge is 0.219 e. The van der Waals surface area contributed by atoms with Crippen molar-refractivity contribution in [2.24, 2.45) is 0 Å². The Bertz CT molecular complexity index is 409. The number of ether oxygens (including phenoxy) is 1. The van der Waals surface area contributed by atoms with Gasteiger partial charge in [-0.1, -0.05) is 19.3 Å². The maximum Gasteiger partial charge on any atom is 0.219 e. The van der Waals surface area contributed by atoms with Crippen LogP contribution in [0, 0.1) is 0 Å². The van der Waals surface area contributed by atoms with E-state index in [1.165, 1.54) is 32.1 Å². The molecule has 0 aromatic carbocycles. The molecule has 2 aliphatic heterocycles. The maximum absolute atomic E-state index is 12.1. The van der Waals surface area contributed by atoms with Crippen molar-refractivity contribution in [3.63, 3.8) is 0 Å². The normalized spacial score (nSPS) is 29.8. The van der Waals surface area contributed by atoms with Gasteiger partial charge in [-0.3, -0.25) is 14.6 Å². The second-order valence-electron chi connectivity index (χ2n) is 7.71. The highest BCUT2D eigenvalue weighted by Gasteiger charge is 2.43. The van der Waals surface area contributed by atoms with Crippen molar-refractivity contribution < 1.29 is 9.53 Å². The molecule has 0 aromatic rings. The van der Waals surface area contributed by atoms with Crippen LogP contribution in [0.25, 0.3) is 0 Å². The number of nitrogens with zero attached hydrogens (tertiary/aromatic N) is 3. The average Bonchev–Trinajstić information content (AvgIpc) is 2.53. The third-order valence-electron chi connectivity index (χ3n) is 5.95. The Morgan fingerprint density at radius 2 is 1.83 bits per heavy atom. The highest BCUT2D eigenvalue weighted by atomic mass is 16.5. The van der Waals surface area contributed by atoms with Crippen molar-refractivity contribution in [2.75, 3.05) is 52.4 Å². The van der Waals surface area contributed by atoms with Gasteiger partial charge in [0.1, 0.15) is 0 Å². The summed E-state index contributed by atoms with van der Waals surface area (Å²) in [5.41, 5.74) is 0.126. The van der Waals surface area contributed by atoms with E-state index in [2.05, 4.69) is 21.6 Å². The Labute approximate surface area is 140 Å². The largest absolute Gasteiger partial charge is 0.376 e. The number of hydrogen-bond donors (Lipinski definition) is 0. The summed E-state index contributed by atoms with van der Waals surface area (Å²) in [6, 6.07) is 0. The van der Waals surface area contributed by atoms with Crippen LogP contribution >= 0.6 is 0 Å². The van der Waals surface area contributed by atoms with Gasteiger partial charge in [0.25, 0.3) is 0 Å². The predicted molar refractivity (Wildman–Crippen MR) is 91.5 cm³/mol.